The van der Waals surface area contributed by atoms with Gasteiger partial charge in [-0.3, -0.25) is 4.79 Å². The molecule has 4 heteroatoms. The molecule has 0 unspecified atom stereocenters. The van der Waals surface area contributed by atoms with Crippen LogP contribution in [-0.4, -0.2) is 5.91 Å². The van der Waals surface area contributed by atoms with Crippen LogP contribution in [0.4, 0.5) is 0 Å². The van der Waals surface area contributed by atoms with Crippen LogP contribution in [0.5, 0.6) is 0 Å². The second kappa shape index (κ2) is 5.70. The Balaban J connectivity index is 1.76. The van der Waals surface area contributed by atoms with Gasteiger partial charge in [0, 0.05) is 9.75 Å². The summed E-state index contributed by atoms with van der Waals surface area (Å²) < 4.78 is 0. The minimum atomic E-state index is 0.0801. The number of thiophene rings is 2. The highest BCUT2D eigenvalue weighted by molar-refractivity contribution is 7.14. The van der Waals surface area contributed by atoms with Crippen LogP contribution in [0, 0.1) is 5.92 Å². The van der Waals surface area contributed by atoms with Crippen LogP contribution in [0.3, 0.4) is 0 Å². The van der Waals surface area contributed by atoms with Crippen molar-refractivity contribution < 1.29 is 4.79 Å². The van der Waals surface area contributed by atoms with Crippen LogP contribution in [0.25, 0.3) is 0 Å². The van der Waals surface area contributed by atoms with E-state index >= 15 is 0 Å². The largest absolute Gasteiger partial charge is 0.343 e. The van der Waals surface area contributed by atoms with Crippen molar-refractivity contribution in [2.24, 2.45) is 5.92 Å². The quantitative estimate of drug-likeness (QED) is 0.890. The fraction of sp³-hybridized carbons (Fsp3) is 0.438. The highest BCUT2D eigenvalue weighted by atomic mass is 32.1. The van der Waals surface area contributed by atoms with Crippen molar-refractivity contribution in [3.63, 3.8) is 0 Å². The summed E-state index contributed by atoms with van der Waals surface area (Å²) in [6.07, 6.45) is 3.52. The molecule has 2 nitrogen and oxygen atoms in total. The van der Waals surface area contributed by atoms with Crippen LogP contribution in [0.2, 0.25) is 0 Å². The second-order valence-electron chi connectivity index (χ2n) is 5.62. The average Bonchev–Trinajstić information content (AvgIpc) is 3.10. The summed E-state index contributed by atoms with van der Waals surface area (Å²) >= 11 is 3.38. The Hall–Kier alpha value is -1.13. The SMILES string of the molecule is CC(C)[C@H](NC(=O)c1cc2c(s1)CCC2)c1cccs1. The van der Waals surface area contributed by atoms with E-state index in [1.807, 2.05) is 6.07 Å². The van der Waals surface area contributed by atoms with Crippen molar-refractivity contribution in [3.05, 3.63) is 43.8 Å². The summed E-state index contributed by atoms with van der Waals surface area (Å²) in [5, 5.41) is 5.27. The molecule has 0 spiro atoms. The zero-order valence-corrected chi connectivity index (χ0v) is 13.4. The van der Waals surface area contributed by atoms with E-state index in [1.165, 1.54) is 21.7 Å². The normalized spacial score (nSPS) is 15.3. The minimum Gasteiger partial charge on any atom is -0.343 e. The summed E-state index contributed by atoms with van der Waals surface area (Å²) in [7, 11) is 0. The van der Waals surface area contributed by atoms with Crippen LogP contribution < -0.4 is 5.32 Å². The van der Waals surface area contributed by atoms with Crippen molar-refractivity contribution in [2.45, 2.75) is 39.2 Å². The lowest BCUT2D eigenvalue weighted by atomic mass is 10.0. The molecule has 106 valence electrons. The Morgan fingerprint density at radius 2 is 2.20 bits per heavy atom. The summed E-state index contributed by atoms with van der Waals surface area (Å²) in [4.78, 5) is 16.0. The number of hydrogen-bond acceptors (Lipinski definition) is 3. The Morgan fingerprint density at radius 3 is 2.85 bits per heavy atom. The number of carbonyl (C=O) groups excluding carboxylic acids is 1. The Kier molecular flexibility index (Phi) is 3.94. The number of carbonyl (C=O) groups is 1. The third-order valence-electron chi connectivity index (χ3n) is 3.77. The van der Waals surface area contributed by atoms with E-state index < -0.39 is 0 Å². The standard InChI is InChI=1S/C16H19NOS2/c1-10(2)15(13-7-4-8-19-13)17-16(18)14-9-11-5-3-6-12(11)20-14/h4,7-10,15H,3,5-6H2,1-2H3,(H,17,18)/t15-/m0/s1. The zero-order valence-electron chi connectivity index (χ0n) is 11.8. The smallest absolute Gasteiger partial charge is 0.261 e. The third-order valence-corrected chi connectivity index (χ3v) is 5.96. The average molecular weight is 305 g/mol. The summed E-state index contributed by atoms with van der Waals surface area (Å²) in [5.74, 6) is 0.473. The molecular formula is C16H19NOS2. The summed E-state index contributed by atoms with van der Waals surface area (Å²) in [6, 6.07) is 6.35. The number of fused-ring (bicyclic) bond motifs is 1. The molecule has 2 heterocycles. The molecule has 0 bridgehead atoms. The molecular weight excluding hydrogens is 286 g/mol. The maximum absolute atomic E-state index is 12.5. The van der Waals surface area contributed by atoms with Gasteiger partial charge in [0.05, 0.1) is 10.9 Å². The van der Waals surface area contributed by atoms with Crippen LogP contribution in [0.1, 0.15) is 51.3 Å². The number of amides is 1. The lowest BCUT2D eigenvalue weighted by Gasteiger charge is -2.20. The highest BCUT2D eigenvalue weighted by Crippen LogP contribution is 2.32. The molecule has 2 aromatic heterocycles. The van der Waals surface area contributed by atoms with Crippen molar-refractivity contribution in [3.8, 4) is 0 Å². The van der Waals surface area contributed by atoms with Crippen molar-refractivity contribution in [1.29, 1.82) is 0 Å². The first kappa shape index (κ1) is 13.8. The van der Waals surface area contributed by atoms with Crippen molar-refractivity contribution in [1.82, 2.24) is 5.32 Å². The topological polar surface area (TPSA) is 29.1 Å². The van der Waals surface area contributed by atoms with E-state index in [-0.39, 0.29) is 11.9 Å². The summed E-state index contributed by atoms with van der Waals surface area (Å²) in [5.41, 5.74) is 1.39. The van der Waals surface area contributed by atoms with E-state index in [0.717, 1.165) is 17.7 Å². The van der Waals surface area contributed by atoms with Gasteiger partial charge >= 0.3 is 0 Å². The monoisotopic (exact) mass is 305 g/mol. The van der Waals surface area contributed by atoms with E-state index in [0.29, 0.717) is 5.92 Å². The lowest BCUT2D eigenvalue weighted by Crippen LogP contribution is -2.30. The molecule has 1 aliphatic rings. The first-order valence-corrected chi connectivity index (χ1v) is 8.80. The third kappa shape index (κ3) is 2.67. The molecule has 0 saturated carbocycles. The van der Waals surface area contributed by atoms with Crippen LogP contribution in [0.15, 0.2) is 23.6 Å². The highest BCUT2D eigenvalue weighted by Gasteiger charge is 2.23. The van der Waals surface area contributed by atoms with Gasteiger partial charge in [-0.15, -0.1) is 22.7 Å². The fourth-order valence-corrected chi connectivity index (χ4v) is 4.79. The van der Waals surface area contributed by atoms with Gasteiger partial charge in [-0.05, 0) is 48.3 Å². The Morgan fingerprint density at radius 1 is 1.35 bits per heavy atom. The first-order valence-electron chi connectivity index (χ1n) is 7.11. The van der Waals surface area contributed by atoms with E-state index in [9.17, 15) is 4.79 Å². The molecule has 0 radical (unpaired) electrons. The first-order chi connectivity index (χ1) is 9.65. The maximum atomic E-state index is 12.5. The van der Waals surface area contributed by atoms with Crippen LogP contribution >= 0.6 is 22.7 Å². The predicted molar refractivity (Wildman–Crippen MR) is 85.7 cm³/mol. The van der Waals surface area contributed by atoms with Gasteiger partial charge in [-0.1, -0.05) is 19.9 Å². The molecule has 0 aromatic carbocycles. The number of nitrogens with one attached hydrogen (secondary N) is 1. The zero-order chi connectivity index (χ0) is 14.1. The number of aryl methyl sites for hydroxylation is 2. The van der Waals surface area contributed by atoms with Gasteiger partial charge in [0.1, 0.15) is 0 Å². The Labute approximate surface area is 127 Å². The van der Waals surface area contributed by atoms with Gasteiger partial charge in [0.15, 0.2) is 0 Å². The van der Waals surface area contributed by atoms with Gasteiger partial charge in [-0.25, -0.2) is 0 Å². The molecule has 1 N–H and O–H groups in total. The van der Waals surface area contributed by atoms with E-state index in [2.05, 4.69) is 36.7 Å². The minimum absolute atomic E-state index is 0.0801. The molecule has 1 atom stereocenters. The van der Waals surface area contributed by atoms with Crippen molar-refractivity contribution >= 4 is 28.6 Å². The fourth-order valence-electron chi connectivity index (χ4n) is 2.69. The molecule has 0 fully saturated rings. The molecule has 2 aromatic rings. The predicted octanol–water partition coefficient (Wildman–Crippen LogP) is 4.43. The number of hydrogen-bond donors (Lipinski definition) is 1. The maximum Gasteiger partial charge on any atom is 0.261 e. The molecule has 3 rings (SSSR count). The Bertz CT molecular complexity index is 577. The molecule has 20 heavy (non-hydrogen) atoms. The van der Waals surface area contributed by atoms with E-state index in [4.69, 9.17) is 0 Å². The lowest BCUT2D eigenvalue weighted by molar-refractivity contribution is 0.0930. The van der Waals surface area contributed by atoms with Crippen molar-refractivity contribution in [2.75, 3.05) is 0 Å². The van der Waals surface area contributed by atoms with Gasteiger partial charge < -0.3 is 5.32 Å². The molecule has 1 aliphatic carbocycles. The van der Waals surface area contributed by atoms with Gasteiger partial charge in [0.2, 0.25) is 0 Å². The molecule has 0 saturated heterocycles. The molecule has 1 amide bonds. The molecule has 0 aliphatic heterocycles. The van der Waals surface area contributed by atoms with Gasteiger partial charge in [-0.2, -0.15) is 0 Å². The second-order valence-corrected chi connectivity index (χ2v) is 7.74. The van der Waals surface area contributed by atoms with Crippen LogP contribution in [-0.2, 0) is 12.8 Å². The summed E-state index contributed by atoms with van der Waals surface area (Å²) in [6.45, 7) is 4.30. The van der Waals surface area contributed by atoms with Gasteiger partial charge in [0.25, 0.3) is 5.91 Å². The van der Waals surface area contributed by atoms with E-state index in [1.54, 1.807) is 22.7 Å². The number of rotatable bonds is 4.